The molecule has 3 heterocycles. The molecule has 0 aliphatic carbocycles. The Hall–Kier alpha value is -2.89. The molecule has 1 amide bonds. The standard InChI is InChI=1S/C24H31N5O/c1-17(2)14-21-15-22(27-26-21)24(30)29-12-10-19(11-13-29)23-20(16-25-28-23)9-8-18-6-4-3-5-7-18/h3-7,15-17,19H,8-14H2,1-2H3,(H,25,28)(H,26,27). The van der Waals surface area contributed by atoms with Gasteiger partial charge in [0, 0.05) is 30.4 Å². The number of aryl methyl sites for hydroxylation is 2. The highest BCUT2D eigenvalue weighted by molar-refractivity contribution is 5.92. The number of piperidine rings is 1. The van der Waals surface area contributed by atoms with Gasteiger partial charge in [-0.1, -0.05) is 44.2 Å². The molecule has 0 spiro atoms. The van der Waals surface area contributed by atoms with E-state index in [2.05, 4.69) is 64.6 Å². The largest absolute Gasteiger partial charge is 0.337 e. The molecular formula is C24H31N5O. The Balaban J connectivity index is 1.33. The Morgan fingerprint density at radius 1 is 1.13 bits per heavy atom. The topological polar surface area (TPSA) is 77.7 Å². The van der Waals surface area contributed by atoms with Crippen LogP contribution in [0.25, 0.3) is 0 Å². The van der Waals surface area contributed by atoms with E-state index in [1.807, 2.05) is 17.2 Å². The van der Waals surface area contributed by atoms with Crippen molar-refractivity contribution in [1.82, 2.24) is 25.3 Å². The number of nitrogens with one attached hydrogen (secondary N) is 2. The molecule has 4 rings (SSSR count). The van der Waals surface area contributed by atoms with Gasteiger partial charge in [-0.05, 0) is 55.2 Å². The number of hydrogen-bond acceptors (Lipinski definition) is 3. The van der Waals surface area contributed by atoms with Gasteiger partial charge in [-0.3, -0.25) is 15.0 Å². The fourth-order valence-electron chi connectivity index (χ4n) is 4.35. The van der Waals surface area contributed by atoms with Crippen LogP contribution in [0.4, 0.5) is 0 Å². The average molecular weight is 406 g/mol. The number of hydrogen-bond donors (Lipinski definition) is 2. The van der Waals surface area contributed by atoms with Gasteiger partial charge in [0.15, 0.2) is 0 Å². The van der Waals surface area contributed by atoms with Crippen LogP contribution in [-0.2, 0) is 19.3 Å². The van der Waals surface area contributed by atoms with Gasteiger partial charge in [0.05, 0.1) is 6.20 Å². The summed E-state index contributed by atoms with van der Waals surface area (Å²) in [6.45, 7) is 5.84. The molecule has 2 aromatic heterocycles. The van der Waals surface area contributed by atoms with E-state index in [4.69, 9.17) is 0 Å². The molecule has 2 N–H and O–H groups in total. The molecule has 1 fully saturated rings. The van der Waals surface area contributed by atoms with Crippen LogP contribution in [0.1, 0.15) is 65.6 Å². The van der Waals surface area contributed by atoms with Crippen LogP contribution in [0, 0.1) is 5.92 Å². The third kappa shape index (κ3) is 4.81. The van der Waals surface area contributed by atoms with Crippen molar-refractivity contribution in [1.29, 1.82) is 0 Å². The van der Waals surface area contributed by atoms with E-state index < -0.39 is 0 Å². The van der Waals surface area contributed by atoms with Crippen LogP contribution in [0.3, 0.4) is 0 Å². The van der Waals surface area contributed by atoms with E-state index in [9.17, 15) is 4.79 Å². The first-order valence-electron chi connectivity index (χ1n) is 11.0. The van der Waals surface area contributed by atoms with Gasteiger partial charge in [-0.25, -0.2) is 0 Å². The van der Waals surface area contributed by atoms with E-state index in [1.165, 1.54) is 16.8 Å². The third-order valence-corrected chi connectivity index (χ3v) is 5.95. The van der Waals surface area contributed by atoms with Crippen LogP contribution in [0.5, 0.6) is 0 Å². The van der Waals surface area contributed by atoms with Gasteiger partial charge in [0.1, 0.15) is 5.69 Å². The molecule has 0 bridgehead atoms. The zero-order chi connectivity index (χ0) is 20.9. The maximum absolute atomic E-state index is 12.8. The Bertz CT molecular complexity index is 951. The van der Waals surface area contributed by atoms with Crippen molar-refractivity contribution in [2.75, 3.05) is 13.1 Å². The van der Waals surface area contributed by atoms with E-state index in [1.54, 1.807) is 0 Å². The van der Waals surface area contributed by atoms with Crippen molar-refractivity contribution < 1.29 is 4.79 Å². The van der Waals surface area contributed by atoms with Crippen molar-refractivity contribution in [3.63, 3.8) is 0 Å². The Kier molecular flexibility index (Phi) is 6.31. The quantitative estimate of drug-likeness (QED) is 0.620. The molecule has 1 aliphatic rings. The van der Waals surface area contributed by atoms with Crippen molar-refractivity contribution in [3.8, 4) is 0 Å². The number of rotatable bonds is 7. The first-order valence-corrected chi connectivity index (χ1v) is 11.0. The summed E-state index contributed by atoms with van der Waals surface area (Å²) in [7, 11) is 0. The van der Waals surface area contributed by atoms with E-state index >= 15 is 0 Å². The summed E-state index contributed by atoms with van der Waals surface area (Å²) in [5.74, 6) is 1.00. The summed E-state index contributed by atoms with van der Waals surface area (Å²) < 4.78 is 0. The number of aromatic nitrogens is 4. The zero-order valence-corrected chi connectivity index (χ0v) is 17.9. The van der Waals surface area contributed by atoms with Gasteiger partial charge in [-0.15, -0.1) is 0 Å². The molecule has 30 heavy (non-hydrogen) atoms. The maximum Gasteiger partial charge on any atom is 0.274 e. The molecule has 0 atom stereocenters. The predicted octanol–water partition coefficient (Wildman–Crippen LogP) is 4.14. The van der Waals surface area contributed by atoms with Gasteiger partial charge in [0.25, 0.3) is 5.91 Å². The Morgan fingerprint density at radius 2 is 1.90 bits per heavy atom. The molecule has 158 valence electrons. The normalized spacial score (nSPS) is 15.1. The SMILES string of the molecule is CC(C)Cc1cc(C(=O)N2CCC(c3[nH]ncc3CCc3ccccc3)CC2)n[nH]1. The number of carbonyl (C=O) groups is 1. The summed E-state index contributed by atoms with van der Waals surface area (Å²) >= 11 is 0. The van der Waals surface area contributed by atoms with Crippen LogP contribution in [0.2, 0.25) is 0 Å². The lowest BCUT2D eigenvalue weighted by molar-refractivity contribution is 0.0706. The third-order valence-electron chi connectivity index (χ3n) is 5.95. The maximum atomic E-state index is 12.8. The fourth-order valence-corrected chi connectivity index (χ4v) is 4.35. The van der Waals surface area contributed by atoms with Gasteiger partial charge < -0.3 is 4.90 Å². The number of aromatic amines is 2. The molecule has 6 heteroatoms. The Morgan fingerprint density at radius 3 is 2.63 bits per heavy atom. The van der Waals surface area contributed by atoms with Crippen molar-refractivity contribution >= 4 is 5.91 Å². The van der Waals surface area contributed by atoms with Crippen LogP contribution >= 0.6 is 0 Å². The summed E-state index contributed by atoms with van der Waals surface area (Å²) in [6, 6.07) is 12.5. The van der Waals surface area contributed by atoms with Crippen molar-refractivity contribution in [2.45, 2.75) is 51.9 Å². The lowest BCUT2D eigenvalue weighted by atomic mass is 9.90. The highest BCUT2D eigenvalue weighted by atomic mass is 16.2. The molecule has 0 saturated carbocycles. The van der Waals surface area contributed by atoms with E-state index in [0.29, 0.717) is 17.5 Å². The van der Waals surface area contributed by atoms with Gasteiger partial charge >= 0.3 is 0 Å². The zero-order valence-electron chi connectivity index (χ0n) is 17.9. The van der Waals surface area contributed by atoms with Gasteiger partial charge in [0.2, 0.25) is 0 Å². The molecule has 1 aromatic carbocycles. The van der Waals surface area contributed by atoms with E-state index in [0.717, 1.165) is 50.9 Å². The number of amides is 1. The number of benzene rings is 1. The molecular weight excluding hydrogens is 374 g/mol. The fraction of sp³-hybridized carbons (Fsp3) is 0.458. The Labute approximate surface area is 178 Å². The van der Waals surface area contributed by atoms with Crippen LogP contribution in [0.15, 0.2) is 42.6 Å². The number of carbonyl (C=O) groups excluding carboxylic acids is 1. The lowest BCUT2D eigenvalue weighted by Crippen LogP contribution is -2.38. The second-order valence-electron chi connectivity index (χ2n) is 8.74. The highest BCUT2D eigenvalue weighted by Gasteiger charge is 2.28. The summed E-state index contributed by atoms with van der Waals surface area (Å²) in [5.41, 5.74) is 5.46. The van der Waals surface area contributed by atoms with Crippen molar-refractivity contribution in [3.05, 3.63) is 70.8 Å². The number of H-pyrrole nitrogens is 2. The summed E-state index contributed by atoms with van der Waals surface area (Å²) in [5, 5.41) is 14.8. The van der Waals surface area contributed by atoms with Crippen LogP contribution in [-0.4, -0.2) is 44.3 Å². The van der Waals surface area contributed by atoms with Crippen molar-refractivity contribution in [2.24, 2.45) is 5.92 Å². The minimum Gasteiger partial charge on any atom is -0.337 e. The summed E-state index contributed by atoms with van der Waals surface area (Å²) in [4.78, 5) is 14.8. The van der Waals surface area contributed by atoms with Gasteiger partial charge in [-0.2, -0.15) is 10.2 Å². The summed E-state index contributed by atoms with van der Waals surface area (Å²) in [6.07, 6.45) is 6.79. The monoisotopic (exact) mass is 405 g/mol. The first-order chi connectivity index (χ1) is 14.6. The number of likely N-dealkylation sites (tertiary alicyclic amines) is 1. The van der Waals surface area contributed by atoms with Crippen LogP contribution < -0.4 is 0 Å². The second kappa shape index (κ2) is 9.28. The number of nitrogens with zero attached hydrogens (tertiary/aromatic N) is 3. The smallest absolute Gasteiger partial charge is 0.274 e. The molecule has 3 aromatic rings. The minimum atomic E-state index is 0.0358. The first kappa shape index (κ1) is 20.4. The van der Waals surface area contributed by atoms with E-state index in [-0.39, 0.29) is 5.91 Å². The minimum absolute atomic E-state index is 0.0358. The molecule has 0 radical (unpaired) electrons. The second-order valence-corrected chi connectivity index (χ2v) is 8.74. The molecule has 1 saturated heterocycles. The lowest BCUT2D eigenvalue weighted by Gasteiger charge is -2.31. The molecule has 1 aliphatic heterocycles. The predicted molar refractivity (Wildman–Crippen MR) is 117 cm³/mol. The average Bonchev–Trinajstić information content (AvgIpc) is 3.42. The highest BCUT2D eigenvalue weighted by Crippen LogP contribution is 2.30. The molecule has 0 unspecified atom stereocenters. The molecule has 6 nitrogen and oxygen atoms in total.